The fourth-order valence-electron chi connectivity index (χ4n) is 3.20. The number of guanidine groups is 1. The van der Waals surface area contributed by atoms with Crippen molar-refractivity contribution in [1.29, 1.82) is 0 Å². The number of nitrogens with one attached hydrogen (secondary N) is 4. The number of sulfonamides is 1. The number of benzene rings is 2. The third-order valence-electron chi connectivity index (χ3n) is 4.82. The first-order chi connectivity index (χ1) is 14.5. The number of nitrogens with zero attached hydrogens (tertiary/aromatic N) is 1. The fraction of sp³-hybridized carbons (Fsp3) is 0.318. The Morgan fingerprint density at radius 2 is 1.74 bits per heavy atom. The maximum Gasteiger partial charge on any atom is 0.215 e. The first kappa shape index (κ1) is 25.2. The summed E-state index contributed by atoms with van der Waals surface area (Å²) in [6.07, 6.45) is 2.95. The molecule has 0 saturated carbocycles. The lowest BCUT2D eigenvalue weighted by atomic mass is 10.1. The van der Waals surface area contributed by atoms with E-state index in [-0.39, 0.29) is 29.7 Å². The number of halogens is 1. The molecular formula is C22H30IN5O2S. The second kappa shape index (κ2) is 12.1. The van der Waals surface area contributed by atoms with Crippen LogP contribution in [0.2, 0.25) is 0 Å². The van der Waals surface area contributed by atoms with Crippen molar-refractivity contribution >= 4 is 50.9 Å². The van der Waals surface area contributed by atoms with Gasteiger partial charge in [0.1, 0.15) is 0 Å². The van der Waals surface area contributed by atoms with Gasteiger partial charge in [-0.15, -0.1) is 24.0 Å². The van der Waals surface area contributed by atoms with Crippen LogP contribution in [-0.4, -0.2) is 39.5 Å². The Morgan fingerprint density at radius 1 is 1.03 bits per heavy atom. The standard InChI is InChI=1S/C22H29N5O2S.HI/c1-3-24-22(25-13-12-19-15-26-21-7-5-4-6-20(19)21)27-14-17-8-10-18(11-9-17)16-30(28,29)23-2;/h4-11,15,23,26H,3,12-14,16H2,1-2H3,(H2,24,25,27);1H. The Balaban J connectivity index is 0.00000341. The molecule has 4 N–H and O–H groups in total. The summed E-state index contributed by atoms with van der Waals surface area (Å²) in [6, 6.07) is 15.8. The van der Waals surface area contributed by atoms with Crippen LogP contribution in [0.15, 0.2) is 59.7 Å². The van der Waals surface area contributed by atoms with E-state index >= 15 is 0 Å². The normalized spacial score (nSPS) is 11.9. The van der Waals surface area contributed by atoms with E-state index in [1.54, 1.807) is 0 Å². The maximum atomic E-state index is 11.6. The molecule has 0 fully saturated rings. The Hall–Kier alpha value is -2.11. The van der Waals surface area contributed by atoms with Gasteiger partial charge in [-0.3, -0.25) is 0 Å². The minimum Gasteiger partial charge on any atom is -0.361 e. The first-order valence-electron chi connectivity index (χ1n) is 10.1. The van der Waals surface area contributed by atoms with Gasteiger partial charge in [0.05, 0.1) is 12.3 Å². The molecule has 0 aliphatic heterocycles. The molecule has 2 aromatic carbocycles. The smallest absolute Gasteiger partial charge is 0.215 e. The van der Waals surface area contributed by atoms with Crippen LogP contribution >= 0.6 is 24.0 Å². The number of aromatic nitrogens is 1. The van der Waals surface area contributed by atoms with E-state index < -0.39 is 10.0 Å². The van der Waals surface area contributed by atoms with Crippen LogP contribution < -0.4 is 15.4 Å². The summed E-state index contributed by atoms with van der Waals surface area (Å²) < 4.78 is 25.6. The summed E-state index contributed by atoms with van der Waals surface area (Å²) in [6.45, 7) is 4.10. The van der Waals surface area contributed by atoms with Crippen molar-refractivity contribution in [2.24, 2.45) is 4.99 Å². The highest BCUT2D eigenvalue weighted by molar-refractivity contribution is 14.0. The van der Waals surface area contributed by atoms with E-state index in [0.717, 1.165) is 42.1 Å². The monoisotopic (exact) mass is 555 g/mol. The summed E-state index contributed by atoms with van der Waals surface area (Å²) in [7, 11) is -1.84. The zero-order valence-electron chi connectivity index (χ0n) is 17.8. The van der Waals surface area contributed by atoms with Gasteiger partial charge >= 0.3 is 0 Å². The molecule has 0 aliphatic rings. The fourth-order valence-corrected chi connectivity index (χ4v) is 3.97. The summed E-state index contributed by atoms with van der Waals surface area (Å²) in [4.78, 5) is 7.95. The van der Waals surface area contributed by atoms with E-state index in [1.165, 1.54) is 18.0 Å². The molecule has 0 bridgehead atoms. The van der Waals surface area contributed by atoms with Gasteiger partial charge in [0.15, 0.2) is 5.96 Å². The molecule has 0 spiro atoms. The molecule has 7 nitrogen and oxygen atoms in total. The Bertz CT molecular complexity index is 1090. The second-order valence-electron chi connectivity index (χ2n) is 7.01. The van der Waals surface area contributed by atoms with Crippen LogP contribution in [0.1, 0.15) is 23.6 Å². The Kier molecular flexibility index (Phi) is 9.79. The molecule has 3 aromatic rings. The summed E-state index contributed by atoms with van der Waals surface area (Å²) in [5.74, 6) is 0.740. The Labute approximate surface area is 201 Å². The van der Waals surface area contributed by atoms with Gasteiger partial charge in [-0.25, -0.2) is 18.1 Å². The number of aliphatic imine (C=N–C) groups is 1. The molecule has 0 amide bonds. The molecule has 9 heteroatoms. The quantitative estimate of drug-likeness (QED) is 0.185. The average molecular weight is 555 g/mol. The molecule has 168 valence electrons. The van der Waals surface area contributed by atoms with Gasteiger partial charge in [0.2, 0.25) is 10.0 Å². The van der Waals surface area contributed by atoms with Crippen molar-refractivity contribution in [3.05, 3.63) is 71.4 Å². The van der Waals surface area contributed by atoms with E-state index in [1.807, 2.05) is 37.3 Å². The molecule has 0 radical (unpaired) electrons. The number of H-pyrrole nitrogens is 1. The number of para-hydroxylation sites is 1. The molecule has 1 aromatic heterocycles. The highest BCUT2D eigenvalue weighted by Crippen LogP contribution is 2.17. The molecule has 31 heavy (non-hydrogen) atoms. The topological polar surface area (TPSA) is 98.4 Å². The van der Waals surface area contributed by atoms with Gasteiger partial charge in [-0.1, -0.05) is 42.5 Å². The van der Waals surface area contributed by atoms with Crippen molar-refractivity contribution in [2.45, 2.75) is 25.6 Å². The Morgan fingerprint density at radius 3 is 2.45 bits per heavy atom. The number of hydrogen-bond acceptors (Lipinski definition) is 3. The number of aromatic amines is 1. The lowest BCUT2D eigenvalue weighted by molar-refractivity contribution is 0.587. The third-order valence-corrected chi connectivity index (χ3v) is 6.15. The van der Waals surface area contributed by atoms with E-state index in [4.69, 9.17) is 0 Å². The molecule has 0 saturated heterocycles. The zero-order valence-corrected chi connectivity index (χ0v) is 21.0. The molecule has 0 atom stereocenters. The van der Waals surface area contributed by atoms with Crippen LogP contribution in [0, 0.1) is 0 Å². The van der Waals surface area contributed by atoms with E-state index in [0.29, 0.717) is 6.54 Å². The summed E-state index contributed by atoms with van der Waals surface area (Å²) in [5, 5.41) is 7.90. The van der Waals surface area contributed by atoms with Crippen molar-refractivity contribution in [3.8, 4) is 0 Å². The molecule has 0 unspecified atom stereocenters. The van der Waals surface area contributed by atoms with Crippen molar-refractivity contribution in [2.75, 3.05) is 20.1 Å². The van der Waals surface area contributed by atoms with Gasteiger partial charge in [0.25, 0.3) is 0 Å². The lowest BCUT2D eigenvalue weighted by Gasteiger charge is -2.11. The minimum absolute atomic E-state index is 0. The lowest BCUT2D eigenvalue weighted by Crippen LogP contribution is -2.38. The van der Waals surface area contributed by atoms with Crippen molar-refractivity contribution in [3.63, 3.8) is 0 Å². The summed E-state index contributed by atoms with van der Waals surface area (Å²) in [5.41, 5.74) is 4.20. The predicted octanol–water partition coefficient (Wildman–Crippen LogP) is 3.13. The number of rotatable bonds is 9. The SMILES string of the molecule is CCNC(=NCc1ccc(CS(=O)(=O)NC)cc1)NCCc1c[nH]c2ccccc12.I. The number of hydrogen-bond donors (Lipinski definition) is 4. The molecular weight excluding hydrogens is 525 g/mol. The highest BCUT2D eigenvalue weighted by atomic mass is 127. The van der Waals surface area contributed by atoms with Crippen LogP contribution in [-0.2, 0) is 28.7 Å². The first-order valence-corrected chi connectivity index (χ1v) is 11.7. The van der Waals surface area contributed by atoms with Crippen LogP contribution in [0.5, 0.6) is 0 Å². The van der Waals surface area contributed by atoms with Crippen LogP contribution in [0.3, 0.4) is 0 Å². The largest absolute Gasteiger partial charge is 0.361 e. The second-order valence-corrected chi connectivity index (χ2v) is 8.94. The van der Waals surface area contributed by atoms with E-state index in [2.05, 4.69) is 49.7 Å². The third kappa shape index (κ3) is 7.51. The highest BCUT2D eigenvalue weighted by Gasteiger charge is 2.08. The van der Waals surface area contributed by atoms with Crippen LogP contribution in [0.25, 0.3) is 10.9 Å². The van der Waals surface area contributed by atoms with Crippen LogP contribution in [0.4, 0.5) is 0 Å². The van der Waals surface area contributed by atoms with Gasteiger partial charge in [-0.05, 0) is 43.1 Å². The van der Waals surface area contributed by atoms with Gasteiger partial charge in [-0.2, -0.15) is 0 Å². The molecule has 0 aliphatic carbocycles. The average Bonchev–Trinajstić information content (AvgIpc) is 3.16. The van der Waals surface area contributed by atoms with Gasteiger partial charge < -0.3 is 15.6 Å². The molecule has 3 rings (SSSR count). The minimum atomic E-state index is -3.26. The van der Waals surface area contributed by atoms with Crippen molar-refractivity contribution < 1.29 is 8.42 Å². The van der Waals surface area contributed by atoms with Gasteiger partial charge in [0, 0.05) is 30.2 Å². The summed E-state index contributed by atoms with van der Waals surface area (Å²) >= 11 is 0. The maximum absolute atomic E-state index is 11.6. The van der Waals surface area contributed by atoms with E-state index in [9.17, 15) is 8.42 Å². The molecule has 1 heterocycles. The zero-order chi connectivity index (χ0) is 21.4. The predicted molar refractivity (Wildman–Crippen MR) is 138 cm³/mol. The van der Waals surface area contributed by atoms with Crippen molar-refractivity contribution in [1.82, 2.24) is 20.3 Å². The number of fused-ring (bicyclic) bond motifs is 1.